The molecule has 3 amide bonds. The molecule has 2 bridgehead atoms. The molecule has 3 heterocycles. The van der Waals surface area contributed by atoms with E-state index < -0.39 is 29.8 Å². The lowest BCUT2D eigenvalue weighted by atomic mass is 9.89. The minimum atomic E-state index is -4.60. The summed E-state index contributed by atoms with van der Waals surface area (Å²) >= 11 is 6.05. The molecule has 5 rings (SSSR count). The molecule has 3 atom stereocenters. The summed E-state index contributed by atoms with van der Waals surface area (Å²) in [5.74, 6) is -0.927. The molecule has 2 aromatic rings. The van der Waals surface area contributed by atoms with Gasteiger partial charge in [-0.2, -0.15) is 13.2 Å². The fourth-order valence-corrected chi connectivity index (χ4v) is 6.05. The average molecular weight is 629 g/mol. The summed E-state index contributed by atoms with van der Waals surface area (Å²) < 4.78 is 46.0. The third-order valence-corrected chi connectivity index (χ3v) is 8.42. The summed E-state index contributed by atoms with van der Waals surface area (Å²) in [6, 6.07) is 6.22. The number of rotatable bonds is 3. The Hall–Kier alpha value is -4.12. The molecule has 232 valence electrons. The van der Waals surface area contributed by atoms with Gasteiger partial charge in [0.25, 0.3) is 0 Å². The molecular weight excluding hydrogens is 597 g/mol. The number of nitrogens with zero attached hydrogens (tertiary/aromatic N) is 2. The number of fused-ring (bicyclic) bond motifs is 4. The number of alkyl halides is 3. The van der Waals surface area contributed by atoms with Crippen LogP contribution in [0, 0.1) is 5.92 Å². The monoisotopic (exact) mass is 628 g/mol. The number of hydrogen-bond donors (Lipinski definition) is 2. The highest BCUT2D eigenvalue weighted by Crippen LogP contribution is 2.40. The number of alkyl carbamates (subject to hydrolysis) is 1. The lowest BCUT2D eigenvalue weighted by Crippen LogP contribution is -2.38. The summed E-state index contributed by atoms with van der Waals surface area (Å²) in [6.07, 6.45) is 3.75. The second-order valence-corrected chi connectivity index (χ2v) is 11.6. The molecular formula is C32H32ClF3N4O4. The molecule has 1 aromatic heterocycles. The Morgan fingerprint density at radius 3 is 2.70 bits per heavy atom. The van der Waals surface area contributed by atoms with Gasteiger partial charge in [0, 0.05) is 41.0 Å². The molecule has 3 unspecified atom stereocenters. The van der Waals surface area contributed by atoms with Crippen molar-refractivity contribution in [3.63, 3.8) is 0 Å². The maximum absolute atomic E-state index is 13.8. The predicted octanol–water partition coefficient (Wildman–Crippen LogP) is 6.44. The summed E-state index contributed by atoms with van der Waals surface area (Å²) in [7, 11) is 1.28. The van der Waals surface area contributed by atoms with Crippen molar-refractivity contribution in [1.29, 1.82) is 0 Å². The molecule has 1 aromatic carbocycles. The van der Waals surface area contributed by atoms with Crippen LogP contribution in [-0.2, 0) is 20.5 Å². The van der Waals surface area contributed by atoms with Gasteiger partial charge in [0.15, 0.2) is 0 Å². The van der Waals surface area contributed by atoms with Crippen LogP contribution in [0.5, 0.6) is 0 Å². The van der Waals surface area contributed by atoms with E-state index in [0.717, 1.165) is 17.2 Å². The number of methoxy groups -OCH3 is 1. The molecule has 3 aliphatic rings. The normalized spacial score (nSPS) is 22.7. The van der Waals surface area contributed by atoms with Crippen molar-refractivity contribution < 1.29 is 32.3 Å². The summed E-state index contributed by atoms with van der Waals surface area (Å²) in [5, 5.41) is 5.91. The van der Waals surface area contributed by atoms with E-state index in [4.69, 9.17) is 16.3 Å². The van der Waals surface area contributed by atoms with Crippen molar-refractivity contribution in [1.82, 2.24) is 20.5 Å². The van der Waals surface area contributed by atoms with Crippen LogP contribution in [0.2, 0.25) is 5.02 Å². The summed E-state index contributed by atoms with van der Waals surface area (Å²) in [4.78, 5) is 44.8. The Labute approximate surface area is 258 Å². The van der Waals surface area contributed by atoms with E-state index >= 15 is 0 Å². The molecule has 8 nitrogen and oxygen atoms in total. The quantitative estimate of drug-likeness (QED) is 0.407. The third-order valence-electron chi connectivity index (χ3n) is 8.19. The van der Waals surface area contributed by atoms with Gasteiger partial charge < -0.3 is 20.3 Å². The first-order valence-corrected chi connectivity index (χ1v) is 14.7. The lowest BCUT2D eigenvalue weighted by Gasteiger charge is -2.35. The number of hydrogen-bond acceptors (Lipinski definition) is 5. The number of nitrogens with one attached hydrogen (secondary N) is 2. The van der Waals surface area contributed by atoms with Gasteiger partial charge in [0.05, 0.1) is 30.5 Å². The minimum Gasteiger partial charge on any atom is -0.453 e. The van der Waals surface area contributed by atoms with Crippen LogP contribution in [0.3, 0.4) is 0 Å². The molecule has 2 aliphatic heterocycles. The zero-order valence-electron chi connectivity index (χ0n) is 24.2. The number of amides is 3. The van der Waals surface area contributed by atoms with E-state index in [2.05, 4.69) is 15.6 Å². The Bertz CT molecular complexity index is 1570. The first-order chi connectivity index (χ1) is 20.9. The van der Waals surface area contributed by atoms with Gasteiger partial charge in [0.2, 0.25) is 11.8 Å². The van der Waals surface area contributed by atoms with Crippen LogP contribution >= 0.6 is 11.6 Å². The standard InChI is InChI=1S/C32H32ClF3N4O4/c1-18-4-3-5-28(40-13-11-20(15-29(40)41)24-16-21(33)6-9-25(24)32(34,35)36)27-14-19(10-12-37-27)23-8-7-22(38-31(43)44-2)17-26(23)39-30(18)42/h6,8-10,12,14-18,22,28H,3-5,7,11,13H2,1-2H3,(H,38,43)(H,39,42). The summed E-state index contributed by atoms with van der Waals surface area (Å²) in [5.41, 5.74) is 2.05. The lowest BCUT2D eigenvalue weighted by molar-refractivity contribution is -0.138. The predicted molar refractivity (Wildman–Crippen MR) is 159 cm³/mol. The highest BCUT2D eigenvalue weighted by molar-refractivity contribution is 6.30. The Morgan fingerprint density at radius 2 is 1.98 bits per heavy atom. The van der Waals surface area contributed by atoms with Gasteiger partial charge >= 0.3 is 12.3 Å². The van der Waals surface area contributed by atoms with E-state index in [1.54, 1.807) is 17.2 Å². The van der Waals surface area contributed by atoms with Gasteiger partial charge in [-0.3, -0.25) is 14.6 Å². The molecule has 0 fully saturated rings. The number of pyridine rings is 1. The molecule has 0 saturated heterocycles. The largest absolute Gasteiger partial charge is 0.453 e. The van der Waals surface area contributed by atoms with Crippen LogP contribution in [0.1, 0.15) is 67.5 Å². The highest BCUT2D eigenvalue weighted by Gasteiger charge is 2.36. The first-order valence-electron chi connectivity index (χ1n) is 14.4. The first kappa shape index (κ1) is 31.3. The Balaban J connectivity index is 1.49. The number of benzene rings is 1. The van der Waals surface area contributed by atoms with Gasteiger partial charge in [0.1, 0.15) is 0 Å². The molecule has 0 saturated carbocycles. The van der Waals surface area contributed by atoms with Crippen LogP contribution in [0.25, 0.3) is 11.1 Å². The average Bonchev–Trinajstić information content (AvgIpc) is 2.98. The third kappa shape index (κ3) is 6.83. The Morgan fingerprint density at radius 1 is 1.18 bits per heavy atom. The zero-order valence-corrected chi connectivity index (χ0v) is 25.0. The zero-order chi connectivity index (χ0) is 31.6. The number of aromatic nitrogens is 1. The molecule has 2 N–H and O–H groups in total. The number of ether oxygens (including phenoxy) is 1. The number of carbonyl (C=O) groups excluding carboxylic acids is 3. The van der Waals surface area contributed by atoms with Crippen molar-refractivity contribution in [2.75, 3.05) is 13.7 Å². The smallest absolute Gasteiger partial charge is 0.416 e. The van der Waals surface area contributed by atoms with E-state index in [-0.39, 0.29) is 47.0 Å². The van der Waals surface area contributed by atoms with Crippen LogP contribution in [-0.4, -0.2) is 47.5 Å². The SMILES string of the molecule is COC(=O)NC1C=C2NC(=O)C(C)CCCC(N3CCC(c4cc(Cl)ccc4C(F)(F)F)=CC3=O)c3cc(ccn3)C2=CC1. The van der Waals surface area contributed by atoms with Crippen LogP contribution in [0.4, 0.5) is 18.0 Å². The minimum absolute atomic E-state index is 0.0970. The van der Waals surface area contributed by atoms with Crippen molar-refractivity contribution in [2.45, 2.75) is 57.3 Å². The van der Waals surface area contributed by atoms with Crippen LogP contribution < -0.4 is 10.6 Å². The van der Waals surface area contributed by atoms with Crippen molar-refractivity contribution >= 4 is 40.7 Å². The van der Waals surface area contributed by atoms with Crippen molar-refractivity contribution in [2.24, 2.45) is 5.92 Å². The highest BCUT2D eigenvalue weighted by atomic mass is 35.5. The van der Waals surface area contributed by atoms with Crippen molar-refractivity contribution in [3.05, 3.63) is 87.9 Å². The maximum atomic E-state index is 13.8. The van der Waals surface area contributed by atoms with Gasteiger partial charge in [-0.25, -0.2) is 4.79 Å². The fraction of sp³-hybridized carbons (Fsp3) is 0.375. The van der Waals surface area contributed by atoms with E-state index in [1.807, 2.05) is 25.1 Å². The number of carbonyl (C=O) groups is 3. The second-order valence-electron chi connectivity index (χ2n) is 11.1. The number of allylic oxidation sites excluding steroid dienone is 1. The van der Waals surface area contributed by atoms with Gasteiger partial charge in [-0.1, -0.05) is 31.0 Å². The topological polar surface area (TPSA) is 101 Å². The van der Waals surface area contributed by atoms with Gasteiger partial charge in [-0.05, 0) is 78.8 Å². The molecule has 1 aliphatic carbocycles. The van der Waals surface area contributed by atoms with E-state index in [0.29, 0.717) is 37.1 Å². The maximum Gasteiger partial charge on any atom is 0.416 e. The molecule has 0 radical (unpaired) electrons. The van der Waals surface area contributed by atoms with Crippen molar-refractivity contribution in [3.8, 4) is 0 Å². The fourth-order valence-electron chi connectivity index (χ4n) is 5.88. The van der Waals surface area contributed by atoms with E-state index in [9.17, 15) is 27.6 Å². The van der Waals surface area contributed by atoms with Gasteiger partial charge in [-0.15, -0.1) is 0 Å². The Kier molecular flexibility index (Phi) is 9.15. The molecule has 0 spiro atoms. The molecule has 44 heavy (non-hydrogen) atoms. The molecule has 12 heteroatoms. The second kappa shape index (κ2) is 12.9. The number of halogens is 4. The summed E-state index contributed by atoms with van der Waals surface area (Å²) in [6.45, 7) is 2.02. The van der Waals surface area contributed by atoms with E-state index in [1.165, 1.54) is 25.3 Å². The van der Waals surface area contributed by atoms with Crippen LogP contribution in [0.15, 0.2) is 60.5 Å².